The van der Waals surface area contributed by atoms with Crippen molar-refractivity contribution in [2.24, 2.45) is 0 Å². The van der Waals surface area contributed by atoms with Gasteiger partial charge in [0.25, 0.3) is 0 Å². The molecule has 4 nitrogen and oxygen atoms in total. The minimum Gasteiger partial charge on any atom is -0.357 e. The van der Waals surface area contributed by atoms with E-state index in [2.05, 4.69) is 10.3 Å². The SMILES string of the molecule is CNC(=O)C(C)n1c(C(C)Cl)nc2c(F)cc(F)cc21. The molecule has 0 saturated carbocycles. The molecule has 0 aliphatic heterocycles. The monoisotopic (exact) mass is 301 g/mol. The predicted octanol–water partition coefficient (Wildman–Crippen LogP) is 2.92. The number of hydrogen-bond acceptors (Lipinski definition) is 2. The third-order valence-electron chi connectivity index (χ3n) is 3.11. The van der Waals surface area contributed by atoms with Crippen LogP contribution >= 0.6 is 11.6 Å². The molecule has 2 aromatic rings. The van der Waals surface area contributed by atoms with E-state index in [1.807, 2.05) is 0 Å². The quantitative estimate of drug-likeness (QED) is 0.886. The van der Waals surface area contributed by atoms with Gasteiger partial charge in [-0.15, -0.1) is 11.6 Å². The van der Waals surface area contributed by atoms with E-state index in [1.54, 1.807) is 13.8 Å². The summed E-state index contributed by atoms with van der Waals surface area (Å²) in [7, 11) is 1.49. The van der Waals surface area contributed by atoms with Crippen LogP contribution in [0.15, 0.2) is 12.1 Å². The fourth-order valence-electron chi connectivity index (χ4n) is 2.15. The highest BCUT2D eigenvalue weighted by Crippen LogP contribution is 2.30. The number of alkyl halides is 1. The summed E-state index contributed by atoms with van der Waals surface area (Å²) in [6, 6.07) is 1.22. The van der Waals surface area contributed by atoms with Crippen molar-refractivity contribution in [1.29, 1.82) is 0 Å². The number of nitrogens with one attached hydrogen (secondary N) is 1. The largest absolute Gasteiger partial charge is 0.357 e. The number of likely N-dealkylation sites (N-methyl/N-ethyl adjacent to an activating group) is 1. The Labute approximate surface area is 119 Å². The Morgan fingerprint density at radius 3 is 2.60 bits per heavy atom. The molecule has 1 aromatic carbocycles. The van der Waals surface area contributed by atoms with Crippen LogP contribution in [-0.2, 0) is 4.79 Å². The molecule has 0 spiro atoms. The molecular formula is C13H14ClF2N3O. The molecule has 1 heterocycles. The highest BCUT2D eigenvalue weighted by Gasteiger charge is 2.24. The number of benzene rings is 1. The van der Waals surface area contributed by atoms with E-state index in [0.29, 0.717) is 5.82 Å². The van der Waals surface area contributed by atoms with E-state index in [-0.39, 0.29) is 16.9 Å². The lowest BCUT2D eigenvalue weighted by Crippen LogP contribution is -2.28. The van der Waals surface area contributed by atoms with Crippen LogP contribution in [0.2, 0.25) is 0 Å². The van der Waals surface area contributed by atoms with Gasteiger partial charge in [-0.1, -0.05) is 0 Å². The summed E-state index contributed by atoms with van der Waals surface area (Å²) in [6.45, 7) is 3.27. The number of nitrogens with zero attached hydrogens (tertiary/aromatic N) is 2. The van der Waals surface area contributed by atoms with Crippen molar-refractivity contribution in [3.05, 3.63) is 29.6 Å². The van der Waals surface area contributed by atoms with Gasteiger partial charge in [0.15, 0.2) is 5.82 Å². The molecular weight excluding hydrogens is 288 g/mol. The lowest BCUT2D eigenvalue weighted by Gasteiger charge is -2.17. The van der Waals surface area contributed by atoms with Crippen molar-refractivity contribution >= 4 is 28.5 Å². The Hall–Kier alpha value is -1.69. The number of imidazole rings is 1. The first-order valence-electron chi connectivity index (χ1n) is 6.09. The van der Waals surface area contributed by atoms with Crippen LogP contribution in [0.25, 0.3) is 11.0 Å². The van der Waals surface area contributed by atoms with E-state index < -0.39 is 23.1 Å². The van der Waals surface area contributed by atoms with Crippen LogP contribution in [0, 0.1) is 11.6 Å². The van der Waals surface area contributed by atoms with Gasteiger partial charge in [-0.05, 0) is 13.8 Å². The molecule has 0 fully saturated rings. The van der Waals surface area contributed by atoms with Crippen molar-refractivity contribution < 1.29 is 13.6 Å². The zero-order valence-corrected chi connectivity index (χ0v) is 12.0. The van der Waals surface area contributed by atoms with E-state index in [9.17, 15) is 13.6 Å². The summed E-state index contributed by atoms with van der Waals surface area (Å²) < 4.78 is 28.7. The van der Waals surface area contributed by atoms with E-state index >= 15 is 0 Å². The average Bonchev–Trinajstić information content (AvgIpc) is 2.76. The highest BCUT2D eigenvalue weighted by molar-refractivity contribution is 6.20. The molecule has 20 heavy (non-hydrogen) atoms. The van der Waals surface area contributed by atoms with E-state index in [1.165, 1.54) is 11.6 Å². The minimum atomic E-state index is -0.776. The molecule has 0 aliphatic rings. The van der Waals surface area contributed by atoms with Crippen LogP contribution < -0.4 is 5.32 Å². The van der Waals surface area contributed by atoms with Crippen LogP contribution in [-0.4, -0.2) is 22.5 Å². The lowest BCUT2D eigenvalue weighted by atomic mass is 10.2. The van der Waals surface area contributed by atoms with Crippen molar-refractivity contribution in [3.8, 4) is 0 Å². The smallest absolute Gasteiger partial charge is 0.242 e. The predicted molar refractivity (Wildman–Crippen MR) is 72.7 cm³/mol. The van der Waals surface area contributed by atoms with Crippen LogP contribution in [0.1, 0.15) is 31.1 Å². The third-order valence-corrected chi connectivity index (χ3v) is 3.30. The van der Waals surface area contributed by atoms with Crippen molar-refractivity contribution in [2.75, 3.05) is 7.05 Å². The Balaban J connectivity index is 2.78. The van der Waals surface area contributed by atoms with Crippen molar-refractivity contribution in [2.45, 2.75) is 25.3 Å². The molecule has 108 valence electrons. The van der Waals surface area contributed by atoms with Gasteiger partial charge in [-0.2, -0.15) is 0 Å². The second kappa shape index (κ2) is 5.36. The molecule has 1 amide bonds. The molecule has 7 heteroatoms. The number of fused-ring (bicyclic) bond motifs is 1. The van der Waals surface area contributed by atoms with Crippen molar-refractivity contribution in [3.63, 3.8) is 0 Å². The van der Waals surface area contributed by atoms with Crippen LogP contribution in [0.3, 0.4) is 0 Å². The summed E-state index contributed by atoms with van der Waals surface area (Å²) in [6.07, 6.45) is 0. The highest BCUT2D eigenvalue weighted by atomic mass is 35.5. The molecule has 0 saturated heterocycles. The normalized spacial score (nSPS) is 14.3. The van der Waals surface area contributed by atoms with Gasteiger partial charge in [0, 0.05) is 19.2 Å². The third kappa shape index (κ3) is 2.35. The summed E-state index contributed by atoms with van der Waals surface area (Å²) in [5, 5.41) is 1.95. The Bertz CT molecular complexity index is 669. The number of aromatic nitrogens is 2. The maximum absolute atomic E-state index is 13.8. The Morgan fingerprint density at radius 2 is 2.05 bits per heavy atom. The second-order valence-electron chi connectivity index (χ2n) is 4.50. The summed E-state index contributed by atoms with van der Waals surface area (Å²) >= 11 is 6.03. The maximum atomic E-state index is 13.8. The summed E-state index contributed by atoms with van der Waals surface area (Å²) in [5.74, 6) is -1.48. The number of carbonyl (C=O) groups excluding carboxylic acids is 1. The number of rotatable bonds is 3. The number of halogens is 3. The molecule has 2 unspecified atom stereocenters. The fourth-order valence-corrected chi connectivity index (χ4v) is 2.31. The van der Waals surface area contributed by atoms with Gasteiger partial charge in [-0.25, -0.2) is 13.8 Å². The fraction of sp³-hybridized carbons (Fsp3) is 0.385. The van der Waals surface area contributed by atoms with Crippen LogP contribution in [0.5, 0.6) is 0 Å². The topological polar surface area (TPSA) is 46.9 Å². The van der Waals surface area contributed by atoms with Gasteiger partial charge in [0.2, 0.25) is 5.91 Å². The number of carbonyl (C=O) groups is 1. The van der Waals surface area contributed by atoms with Crippen molar-refractivity contribution in [1.82, 2.24) is 14.9 Å². The lowest BCUT2D eigenvalue weighted by molar-refractivity contribution is -0.123. The van der Waals surface area contributed by atoms with Gasteiger partial charge in [-0.3, -0.25) is 4.79 Å². The Morgan fingerprint density at radius 1 is 1.40 bits per heavy atom. The van der Waals surface area contributed by atoms with Gasteiger partial charge in [0.05, 0.1) is 10.9 Å². The van der Waals surface area contributed by atoms with Gasteiger partial charge in [0.1, 0.15) is 23.2 Å². The van der Waals surface area contributed by atoms with E-state index in [0.717, 1.165) is 12.1 Å². The number of hydrogen-bond donors (Lipinski definition) is 1. The molecule has 0 bridgehead atoms. The van der Waals surface area contributed by atoms with Gasteiger partial charge < -0.3 is 9.88 Å². The molecule has 0 radical (unpaired) electrons. The first-order chi connectivity index (χ1) is 9.36. The zero-order valence-electron chi connectivity index (χ0n) is 11.2. The standard InChI is InChI=1S/C13H14ClF2N3O/c1-6(14)12-18-11-9(16)4-8(15)5-10(11)19(12)7(2)13(20)17-3/h4-7H,1-3H3,(H,17,20). The maximum Gasteiger partial charge on any atom is 0.242 e. The summed E-state index contributed by atoms with van der Waals surface area (Å²) in [5.41, 5.74) is 0.214. The second-order valence-corrected chi connectivity index (χ2v) is 5.16. The molecule has 2 atom stereocenters. The number of amides is 1. The first kappa shape index (κ1) is 14.7. The first-order valence-corrected chi connectivity index (χ1v) is 6.53. The Kier molecular flexibility index (Phi) is 3.94. The molecule has 1 aromatic heterocycles. The zero-order chi connectivity index (χ0) is 15.0. The van der Waals surface area contributed by atoms with Gasteiger partial charge >= 0.3 is 0 Å². The minimum absolute atomic E-state index is 0.00431. The van der Waals surface area contributed by atoms with E-state index in [4.69, 9.17) is 11.6 Å². The summed E-state index contributed by atoms with van der Waals surface area (Å²) in [4.78, 5) is 15.9. The molecule has 0 aliphatic carbocycles. The van der Waals surface area contributed by atoms with Crippen LogP contribution in [0.4, 0.5) is 8.78 Å². The molecule has 2 rings (SSSR count). The molecule has 1 N–H and O–H groups in total. The average molecular weight is 302 g/mol.